The minimum atomic E-state index is 0. The molecule has 0 bridgehead atoms. The van der Waals surface area contributed by atoms with Crippen LogP contribution >= 0.6 is 11.8 Å². The SMILES string of the molecule is [Br-].[Mg+2].[c-]1ccc(SC2CCCCC2)cc1. The Hall–Kier alpha value is 0.816. The smallest absolute Gasteiger partial charge is 1.00 e. The van der Waals surface area contributed by atoms with Crippen LogP contribution < -0.4 is 17.0 Å². The number of halogens is 1. The van der Waals surface area contributed by atoms with Crippen LogP contribution in [0, 0.1) is 6.07 Å². The molecule has 0 spiro atoms. The van der Waals surface area contributed by atoms with Crippen molar-refractivity contribution in [2.75, 3.05) is 0 Å². The van der Waals surface area contributed by atoms with E-state index in [1.807, 2.05) is 23.9 Å². The zero-order valence-electron chi connectivity index (χ0n) is 8.92. The normalized spacial score (nSPS) is 16.3. The largest absolute Gasteiger partial charge is 2.00 e. The van der Waals surface area contributed by atoms with Crippen LogP contribution in [-0.2, 0) is 0 Å². The van der Waals surface area contributed by atoms with E-state index in [2.05, 4.69) is 18.2 Å². The molecule has 0 N–H and O–H groups in total. The molecule has 78 valence electrons. The fourth-order valence-electron chi connectivity index (χ4n) is 1.83. The first-order valence-electron chi connectivity index (χ1n) is 5.08. The van der Waals surface area contributed by atoms with Crippen molar-refractivity contribution in [1.82, 2.24) is 0 Å². The van der Waals surface area contributed by atoms with Crippen molar-refractivity contribution in [3.05, 3.63) is 30.3 Å². The Balaban J connectivity index is 0.000000980. The standard InChI is InChI=1S/C12H15S.BrH.Mg/c1-3-7-11(8-4-1)13-12-9-5-2-6-10-12;;/h5-6,9-11H,1,3-4,7-8H2;1H;/q-1;;+2/p-1. The molecule has 2 rings (SSSR count). The monoisotopic (exact) mass is 294 g/mol. The van der Waals surface area contributed by atoms with Gasteiger partial charge in [-0.1, -0.05) is 19.3 Å². The second-order valence-corrected chi connectivity index (χ2v) is 4.99. The van der Waals surface area contributed by atoms with Gasteiger partial charge in [0.25, 0.3) is 0 Å². The Morgan fingerprint density at radius 3 is 2.27 bits per heavy atom. The van der Waals surface area contributed by atoms with Crippen molar-refractivity contribution in [1.29, 1.82) is 0 Å². The molecule has 0 heterocycles. The number of thioether (sulfide) groups is 1. The summed E-state index contributed by atoms with van der Waals surface area (Å²) < 4.78 is 0. The van der Waals surface area contributed by atoms with Crippen molar-refractivity contribution >= 4 is 34.8 Å². The zero-order chi connectivity index (χ0) is 8.93. The molecule has 1 saturated carbocycles. The number of hydrogen-bond donors (Lipinski definition) is 0. The average Bonchev–Trinajstić information content (AvgIpc) is 2.21. The number of rotatable bonds is 2. The van der Waals surface area contributed by atoms with Gasteiger partial charge in [-0.25, -0.2) is 0 Å². The summed E-state index contributed by atoms with van der Waals surface area (Å²) in [5.74, 6) is 0. The maximum Gasteiger partial charge on any atom is 2.00 e. The molecular weight excluding hydrogens is 280 g/mol. The molecule has 0 radical (unpaired) electrons. The third kappa shape index (κ3) is 5.62. The van der Waals surface area contributed by atoms with E-state index in [0.717, 1.165) is 5.25 Å². The zero-order valence-corrected chi connectivity index (χ0v) is 12.7. The molecule has 0 aliphatic heterocycles. The maximum atomic E-state index is 3.06. The van der Waals surface area contributed by atoms with E-state index < -0.39 is 0 Å². The van der Waals surface area contributed by atoms with E-state index in [4.69, 9.17) is 0 Å². The average molecular weight is 296 g/mol. The Morgan fingerprint density at radius 2 is 1.67 bits per heavy atom. The third-order valence-corrected chi connectivity index (χ3v) is 3.89. The van der Waals surface area contributed by atoms with Crippen LogP contribution in [0.15, 0.2) is 29.2 Å². The number of benzene rings is 1. The van der Waals surface area contributed by atoms with Crippen molar-refractivity contribution in [3.63, 3.8) is 0 Å². The second kappa shape index (κ2) is 8.91. The molecule has 0 saturated heterocycles. The van der Waals surface area contributed by atoms with Gasteiger partial charge in [-0.15, -0.1) is 16.7 Å². The van der Waals surface area contributed by atoms with E-state index in [9.17, 15) is 0 Å². The van der Waals surface area contributed by atoms with Crippen molar-refractivity contribution in [2.24, 2.45) is 0 Å². The molecule has 0 atom stereocenters. The van der Waals surface area contributed by atoms with Gasteiger partial charge in [-0.3, -0.25) is 0 Å². The first-order valence-corrected chi connectivity index (χ1v) is 5.96. The summed E-state index contributed by atoms with van der Waals surface area (Å²) in [5, 5.41) is 0.871. The molecule has 0 aromatic heterocycles. The summed E-state index contributed by atoms with van der Waals surface area (Å²) >= 11 is 2.04. The summed E-state index contributed by atoms with van der Waals surface area (Å²) in [6.07, 6.45) is 7.11. The van der Waals surface area contributed by atoms with E-state index >= 15 is 0 Å². The van der Waals surface area contributed by atoms with Gasteiger partial charge >= 0.3 is 23.1 Å². The summed E-state index contributed by atoms with van der Waals surface area (Å²) in [4.78, 5) is 1.41. The molecule has 15 heavy (non-hydrogen) atoms. The van der Waals surface area contributed by atoms with Crippen molar-refractivity contribution in [2.45, 2.75) is 42.2 Å². The van der Waals surface area contributed by atoms with Gasteiger partial charge in [0, 0.05) is 5.25 Å². The molecule has 1 aliphatic carbocycles. The Labute approximate surface area is 124 Å². The van der Waals surface area contributed by atoms with Crippen LogP contribution in [0.3, 0.4) is 0 Å². The van der Waals surface area contributed by atoms with E-state index in [1.54, 1.807) is 0 Å². The van der Waals surface area contributed by atoms with Gasteiger partial charge < -0.3 is 17.0 Å². The Kier molecular flexibility index (Phi) is 9.40. The molecule has 1 fully saturated rings. The van der Waals surface area contributed by atoms with Crippen LogP contribution in [0.4, 0.5) is 0 Å². The molecule has 1 aromatic carbocycles. The second-order valence-electron chi connectivity index (χ2n) is 3.61. The quantitative estimate of drug-likeness (QED) is 0.567. The van der Waals surface area contributed by atoms with Crippen LogP contribution in [0.25, 0.3) is 0 Å². The fraction of sp³-hybridized carbons (Fsp3) is 0.500. The van der Waals surface area contributed by atoms with E-state index in [1.165, 1.54) is 37.0 Å². The Morgan fingerprint density at radius 1 is 1.07 bits per heavy atom. The van der Waals surface area contributed by atoms with Gasteiger partial charge in [0.1, 0.15) is 0 Å². The molecule has 1 aliphatic rings. The predicted molar refractivity (Wildman–Crippen MR) is 63.8 cm³/mol. The summed E-state index contributed by atoms with van der Waals surface area (Å²) in [6, 6.07) is 11.4. The molecule has 1 aromatic rings. The van der Waals surface area contributed by atoms with E-state index in [-0.39, 0.29) is 40.0 Å². The van der Waals surface area contributed by atoms with E-state index in [0.29, 0.717) is 0 Å². The minimum absolute atomic E-state index is 0. The third-order valence-electron chi connectivity index (χ3n) is 2.54. The molecule has 0 nitrogen and oxygen atoms in total. The van der Waals surface area contributed by atoms with Gasteiger partial charge in [0.15, 0.2) is 0 Å². The van der Waals surface area contributed by atoms with Crippen LogP contribution in [0.1, 0.15) is 32.1 Å². The van der Waals surface area contributed by atoms with Gasteiger partial charge in [0.05, 0.1) is 0 Å². The number of hydrogen-bond acceptors (Lipinski definition) is 1. The first-order chi connectivity index (χ1) is 6.45. The maximum absolute atomic E-state index is 3.06. The summed E-state index contributed by atoms with van der Waals surface area (Å²) in [6.45, 7) is 0. The first kappa shape index (κ1) is 15.8. The topological polar surface area (TPSA) is 0 Å². The molecule has 0 unspecified atom stereocenters. The Bertz CT molecular complexity index is 247. The van der Waals surface area contributed by atoms with Gasteiger partial charge in [-0.05, 0) is 12.8 Å². The van der Waals surface area contributed by atoms with Gasteiger partial charge in [-0.2, -0.15) is 30.3 Å². The summed E-state index contributed by atoms with van der Waals surface area (Å²) in [7, 11) is 0. The molecular formula is C12H15BrMgS. The molecule has 3 heteroatoms. The van der Waals surface area contributed by atoms with Crippen LogP contribution in [0.2, 0.25) is 0 Å². The minimum Gasteiger partial charge on any atom is -1.00 e. The summed E-state index contributed by atoms with van der Waals surface area (Å²) in [5.41, 5.74) is 0. The van der Waals surface area contributed by atoms with Crippen molar-refractivity contribution < 1.29 is 17.0 Å². The van der Waals surface area contributed by atoms with Gasteiger partial charge in [0.2, 0.25) is 0 Å². The molecule has 0 amide bonds. The van der Waals surface area contributed by atoms with Crippen molar-refractivity contribution in [3.8, 4) is 0 Å². The predicted octanol–water partition coefficient (Wildman–Crippen LogP) is 0.535. The van der Waals surface area contributed by atoms with Crippen LogP contribution in [-0.4, -0.2) is 28.3 Å². The van der Waals surface area contributed by atoms with Crippen LogP contribution in [0.5, 0.6) is 0 Å². The fourth-order valence-corrected chi connectivity index (χ4v) is 3.07.